The minimum atomic E-state index is 0.153. The first-order valence-corrected chi connectivity index (χ1v) is 5.59. The lowest BCUT2D eigenvalue weighted by Gasteiger charge is -2.00. The highest BCUT2D eigenvalue weighted by Crippen LogP contribution is 2.32. The Kier molecular flexibility index (Phi) is 2.23. The van der Waals surface area contributed by atoms with Gasteiger partial charge in [0, 0.05) is 5.69 Å². The molecular formula is C14H12N2O2. The van der Waals surface area contributed by atoms with E-state index in [1.165, 1.54) is 0 Å². The molecule has 0 fully saturated rings. The van der Waals surface area contributed by atoms with E-state index in [-0.39, 0.29) is 5.75 Å². The van der Waals surface area contributed by atoms with Gasteiger partial charge in [0.15, 0.2) is 5.58 Å². The Labute approximate surface area is 104 Å². The molecule has 3 N–H and O–H groups in total. The molecule has 18 heavy (non-hydrogen) atoms. The van der Waals surface area contributed by atoms with E-state index in [4.69, 9.17) is 10.2 Å². The molecule has 2 aromatic carbocycles. The summed E-state index contributed by atoms with van der Waals surface area (Å²) >= 11 is 0. The van der Waals surface area contributed by atoms with Gasteiger partial charge < -0.3 is 15.3 Å². The second kappa shape index (κ2) is 3.77. The summed E-state index contributed by atoms with van der Waals surface area (Å²) in [6.07, 6.45) is 0. The first-order chi connectivity index (χ1) is 8.63. The van der Waals surface area contributed by atoms with Crippen LogP contribution in [0, 0.1) is 6.92 Å². The number of aromatic nitrogens is 1. The molecule has 4 heteroatoms. The number of hydrogen-bond donors (Lipinski definition) is 2. The van der Waals surface area contributed by atoms with E-state index in [0.717, 1.165) is 5.56 Å². The fourth-order valence-corrected chi connectivity index (χ4v) is 1.88. The van der Waals surface area contributed by atoms with Gasteiger partial charge in [-0.15, -0.1) is 0 Å². The fraction of sp³-hybridized carbons (Fsp3) is 0.0714. The van der Waals surface area contributed by atoms with E-state index < -0.39 is 0 Å². The van der Waals surface area contributed by atoms with E-state index in [0.29, 0.717) is 28.2 Å². The monoisotopic (exact) mass is 240 g/mol. The second-order valence-corrected chi connectivity index (χ2v) is 4.27. The molecule has 0 saturated carbocycles. The topological polar surface area (TPSA) is 72.3 Å². The molecule has 0 aliphatic heterocycles. The average Bonchev–Trinajstić information content (AvgIpc) is 2.74. The van der Waals surface area contributed by atoms with Gasteiger partial charge in [-0.25, -0.2) is 4.98 Å². The number of hydrogen-bond acceptors (Lipinski definition) is 4. The summed E-state index contributed by atoms with van der Waals surface area (Å²) < 4.78 is 5.62. The number of rotatable bonds is 1. The summed E-state index contributed by atoms with van der Waals surface area (Å²) in [6, 6.07) is 10.6. The van der Waals surface area contributed by atoms with Gasteiger partial charge in [0.2, 0.25) is 5.89 Å². The van der Waals surface area contributed by atoms with Crippen molar-refractivity contribution < 1.29 is 9.52 Å². The van der Waals surface area contributed by atoms with Gasteiger partial charge in [-0.3, -0.25) is 0 Å². The predicted molar refractivity (Wildman–Crippen MR) is 70.3 cm³/mol. The van der Waals surface area contributed by atoms with Gasteiger partial charge in [-0.2, -0.15) is 0 Å². The summed E-state index contributed by atoms with van der Waals surface area (Å²) in [7, 11) is 0. The lowest BCUT2D eigenvalue weighted by Crippen LogP contribution is -1.82. The maximum absolute atomic E-state index is 9.84. The van der Waals surface area contributed by atoms with Gasteiger partial charge in [-0.1, -0.05) is 11.6 Å². The molecule has 0 saturated heterocycles. The van der Waals surface area contributed by atoms with Crippen molar-refractivity contribution in [1.82, 2.24) is 4.98 Å². The summed E-state index contributed by atoms with van der Waals surface area (Å²) in [5.41, 5.74) is 9.29. The Balaban J connectivity index is 2.22. The van der Waals surface area contributed by atoms with Crippen LogP contribution in [0.15, 0.2) is 40.8 Å². The highest BCUT2D eigenvalue weighted by Gasteiger charge is 2.12. The van der Waals surface area contributed by atoms with E-state index in [2.05, 4.69) is 4.98 Å². The minimum Gasteiger partial charge on any atom is -0.507 e. The molecular weight excluding hydrogens is 228 g/mol. The van der Waals surface area contributed by atoms with E-state index >= 15 is 0 Å². The van der Waals surface area contributed by atoms with E-state index in [1.807, 2.05) is 19.1 Å². The van der Waals surface area contributed by atoms with Crippen molar-refractivity contribution in [1.29, 1.82) is 0 Å². The van der Waals surface area contributed by atoms with Crippen molar-refractivity contribution in [2.24, 2.45) is 0 Å². The third-order valence-electron chi connectivity index (χ3n) is 2.79. The van der Waals surface area contributed by atoms with Gasteiger partial charge in [0.25, 0.3) is 0 Å². The molecule has 0 spiro atoms. The van der Waals surface area contributed by atoms with Gasteiger partial charge in [-0.05, 0) is 37.3 Å². The molecule has 0 atom stereocenters. The number of phenolic OH excluding ortho intramolecular Hbond substituents is 1. The van der Waals surface area contributed by atoms with Crippen LogP contribution in [-0.4, -0.2) is 10.1 Å². The van der Waals surface area contributed by atoms with Crippen molar-refractivity contribution in [2.75, 3.05) is 5.73 Å². The van der Waals surface area contributed by atoms with Gasteiger partial charge >= 0.3 is 0 Å². The zero-order valence-electron chi connectivity index (χ0n) is 9.84. The van der Waals surface area contributed by atoms with Gasteiger partial charge in [0.05, 0.1) is 5.56 Å². The molecule has 3 rings (SSSR count). The quantitative estimate of drug-likeness (QED) is 0.641. The van der Waals surface area contributed by atoms with Crippen LogP contribution in [-0.2, 0) is 0 Å². The summed E-state index contributed by atoms with van der Waals surface area (Å²) in [4.78, 5) is 4.34. The van der Waals surface area contributed by atoms with Crippen LogP contribution in [0.25, 0.3) is 22.6 Å². The summed E-state index contributed by atoms with van der Waals surface area (Å²) in [6.45, 7) is 1.95. The predicted octanol–water partition coefficient (Wildman–Crippen LogP) is 3.09. The fourth-order valence-electron chi connectivity index (χ4n) is 1.88. The first kappa shape index (κ1) is 10.7. The van der Waals surface area contributed by atoms with Crippen molar-refractivity contribution in [3.63, 3.8) is 0 Å². The van der Waals surface area contributed by atoms with E-state index in [1.54, 1.807) is 24.3 Å². The molecule has 0 aliphatic carbocycles. The van der Waals surface area contributed by atoms with Crippen molar-refractivity contribution in [3.8, 4) is 17.2 Å². The van der Waals surface area contributed by atoms with Crippen LogP contribution in [0.5, 0.6) is 5.75 Å². The maximum atomic E-state index is 9.84. The van der Waals surface area contributed by atoms with Crippen LogP contribution >= 0.6 is 0 Å². The molecule has 3 aromatic rings. The zero-order valence-corrected chi connectivity index (χ0v) is 9.84. The van der Waals surface area contributed by atoms with E-state index in [9.17, 15) is 5.11 Å². The largest absolute Gasteiger partial charge is 0.507 e. The number of benzene rings is 2. The normalized spacial score (nSPS) is 10.9. The maximum Gasteiger partial charge on any atom is 0.231 e. The van der Waals surface area contributed by atoms with Crippen LogP contribution in [0.1, 0.15) is 5.56 Å². The number of aromatic hydroxyl groups is 1. The van der Waals surface area contributed by atoms with Crippen LogP contribution < -0.4 is 5.73 Å². The number of aryl methyl sites for hydroxylation is 1. The molecule has 0 bridgehead atoms. The highest BCUT2D eigenvalue weighted by molar-refractivity contribution is 5.80. The number of nitrogen functional groups attached to an aromatic ring is 1. The lowest BCUT2D eigenvalue weighted by atomic mass is 10.1. The SMILES string of the molecule is Cc1ccc(O)c(-c2nc3cc(N)ccc3o2)c1. The number of anilines is 1. The third kappa shape index (κ3) is 1.68. The van der Waals surface area contributed by atoms with Crippen LogP contribution in [0.2, 0.25) is 0 Å². The molecule has 0 aliphatic rings. The Morgan fingerprint density at radius 2 is 2.00 bits per heavy atom. The number of phenols is 1. The first-order valence-electron chi connectivity index (χ1n) is 5.59. The molecule has 90 valence electrons. The zero-order chi connectivity index (χ0) is 12.7. The Morgan fingerprint density at radius 3 is 2.83 bits per heavy atom. The smallest absolute Gasteiger partial charge is 0.231 e. The molecule has 0 amide bonds. The Morgan fingerprint density at radius 1 is 1.17 bits per heavy atom. The molecule has 1 aromatic heterocycles. The Bertz CT molecular complexity index is 732. The molecule has 1 heterocycles. The summed E-state index contributed by atoms with van der Waals surface area (Å²) in [5.74, 6) is 0.553. The lowest BCUT2D eigenvalue weighted by molar-refractivity contribution is 0.474. The van der Waals surface area contributed by atoms with Crippen molar-refractivity contribution >= 4 is 16.8 Å². The van der Waals surface area contributed by atoms with Crippen molar-refractivity contribution in [2.45, 2.75) is 6.92 Å². The highest BCUT2D eigenvalue weighted by atomic mass is 16.3. The number of nitrogens with zero attached hydrogens (tertiary/aromatic N) is 1. The van der Waals surface area contributed by atoms with Crippen LogP contribution in [0.4, 0.5) is 5.69 Å². The number of fused-ring (bicyclic) bond motifs is 1. The molecule has 0 unspecified atom stereocenters. The third-order valence-corrected chi connectivity index (χ3v) is 2.79. The molecule has 0 radical (unpaired) electrons. The van der Waals surface area contributed by atoms with Gasteiger partial charge in [0.1, 0.15) is 11.3 Å². The average molecular weight is 240 g/mol. The standard InChI is InChI=1S/C14H12N2O2/c1-8-2-4-12(17)10(6-8)14-16-11-7-9(15)3-5-13(11)18-14/h2-7,17H,15H2,1H3. The summed E-state index contributed by atoms with van der Waals surface area (Å²) in [5, 5.41) is 9.84. The van der Waals surface area contributed by atoms with Crippen molar-refractivity contribution in [3.05, 3.63) is 42.0 Å². The second-order valence-electron chi connectivity index (χ2n) is 4.27. The number of nitrogens with two attached hydrogens (primary N) is 1. The van der Waals surface area contributed by atoms with Crippen LogP contribution in [0.3, 0.4) is 0 Å². The minimum absolute atomic E-state index is 0.153. The number of oxazole rings is 1. The Hall–Kier alpha value is -2.49. The molecule has 4 nitrogen and oxygen atoms in total.